The Morgan fingerprint density at radius 1 is 1.37 bits per heavy atom. The fourth-order valence-corrected chi connectivity index (χ4v) is 3.67. The van der Waals surface area contributed by atoms with Crippen molar-refractivity contribution < 1.29 is 13.2 Å². The van der Waals surface area contributed by atoms with E-state index in [1.54, 1.807) is 25.3 Å². The van der Waals surface area contributed by atoms with Crippen molar-refractivity contribution in [1.29, 1.82) is 5.26 Å². The number of benzene rings is 1. The summed E-state index contributed by atoms with van der Waals surface area (Å²) in [5, 5.41) is 12.4. The molecule has 6 heteroatoms. The summed E-state index contributed by atoms with van der Waals surface area (Å²) >= 11 is 0. The topological polar surface area (TPSA) is 79.2 Å². The zero-order valence-electron chi connectivity index (χ0n) is 10.7. The van der Waals surface area contributed by atoms with Gasteiger partial charge in [-0.25, -0.2) is 8.42 Å². The van der Waals surface area contributed by atoms with Crippen LogP contribution in [0.15, 0.2) is 18.2 Å². The summed E-state index contributed by atoms with van der Waals surface area (Å²) in [7, 11) is -1.33. The first-order chi connectivity index (χ1) is 9.05. The predicted molar refractivity (Wildman–Crippen MR) is 73.0 cm³/mol. The molecule has 1 aromatic rings. The first-order valence-corrected chi connectivity index (χ1v) is 7.92. The second kappa shape index (κ2) is 5.49. The molecule has 1 N–H and O–H groups in total. The van der Waals surface area contributed by atoms with Gasteiger partial charge in [-0.3, -0.25) is 0 Å². The molecule has 1 aromatic carbocycles. The summed E-state index contributed by atoms with van der Waals surface area (Å²) in [6.45, 7) is 0. The van der Waals surface area contributed by atoms with Gasteiger partial charge in [0.1, 0.15) is 21.7 Å². The number of nitrogens with one attached hydrogen (secondary N) is 1. The average Bonchev–Trinajstić information content (AvgIpc) is 2.41. The van der Waals surface area contributed by atoms with Crippen LogP contribution in [0.5, 0.6) is 5.75 Å². The van der Waals surface area contributed by atoms with E-state index in [1.807, 2.05) is 0 Å². The molecule has 0 radical (unpaired) electrons. The van der Waals surface area contributed by atoms with Crippen molar-refractivity contribution in [2.75, 3.05) is 23.9 Å². The van der Waals surface area contributed by atoms with Crippen LogP contribution in [-0.2, 0) is 9.84 Å². The molecule has 0 aromatic heterocycles. The maximum atomic E-state index is 11.4. The molecule has 5 nitrogen and oxygen atoms in total. The molecule has 0 unspecified atom stereocenters. The Balaban J connectivity index is 2.18. The van der Waals surface area contributed by atoms with Gasteiger partial charge in [0.25, 0.3) is 0 Å². The number of anilines is 1. The molecule has 0 bridgehead atoms. The highest BCUT2D eigenvalue weighted by Crippen LogP contribution is 2.30. The summed E-state index contributed by atoms with van der Waals surface area (Å²) in [6, 6.07) is 7.43. The number of nitriles is 1. The average molecular weight is 280 g/mol. The normalized spacial score (nSPS) is 18.5. The molecule has 19 heavy (non-hydrogen) atoms. The number of hydrogen-bond donors (Lipinski definition) is 1. The van der Waals surface area contributed by atoms with Crippen molar-refractivity contribution in [3.8, 4) is 11.8 Å². The molecule has 0 spiro atoms. The minimum atomic E-state index is -2.88. The Bertz CT molecular complexity index is 591. The zero-order valence-corrected chi connectivity index (χ0v) is 11.5. The van der Waals surface area contributed by atoms with Gasteiger partial charge in [0.2, 0.25) is 0 Å². The van der Waals surface area contributed by atoms with E-state index in [0.717, 1.165) is 0 Å². The Morgan fingerprint density at radius 3 is 2.63 bits per heavy atom. The number of hydrogen-bond acceptors (Lipinski definition) is 5. The number of rotatable bonds is 3. The van der Waals surface area contributed by atoms with Crippen LogP contribution in [-0.4, -0.2) is 33.1 Å². The molecule has 1 fully saturated rings. The summed E-state index contributed by atoms with van der Waals surface area (Å²) in [6.07, 6.45) is 1.12. The largest absolute Gasteiger partial charge is 0.495 e. The lowest BCUT2D eigenvalue weighted by Gasteiger charge is -2.25. The van der Waals surface area contributed by atoms with Crippen LogP contribution in [0.2, 0.25) is 0 Å². The number of nitrogens with zero attached hydrogens (tertiary/aromatic N) is 1. The van der Waals surface area contributed by atoms with E-state index in [9.17, 15) is 8.42 Å². The molecule has 0 saturated carbocycles. The molecular weight excluding hydrogens is 264 g/mol. The molecule has 102 valence electrons. The second-order valence-corrected chi connectivity index (χ2v) is 6.87. The van der Waals surface area contributed by atoms with E-state index in [0.29, 0.717) is 29.8 Å². The predicted octanol–water partition coefficient (Wildman–Crippen LogP) is 1.56. The second-order valence-electron chi connectivity index (χ2n) is 4.57. The van der Waals surface area contributed by atoms with Crippen molar-refractivity contribution in [3.05, 3.63) is 23.8 Å². The maximum Gasteiger partial charge on any atom is 0.150 e. The first-order valence-electron chi connectivity index (χ1n) is 6.10. The molecule has 1 aliphatic heterocycles. The van der Waals surface area contributed by atoms with E-state index in [1.165, 1.54) is 0 Å². The lowest BCUT2D eigenvalue weighted by molar-refractivity contribution is 0.415. The van der Waals surface area contributed by atoms with Crippen molar-refractivity contribution in [2.24, 2.45) is 0 Å². The van der Waals surface area contributed by atoms with Crippen molar-refractivity contribution >= 4 is 15.5 Å². The lowest BCUT2D eigenvalue weighted by atomic mass is 10.1. The standard InChI is InChI=1S/C13H16N2O3S/c1-18-12-4-2-3-10(9-14)13(12)15-11-5-7-19(16,17)8-6-11/h2-4,11,15H,5-8H2,1H3. The van der Waals surface area contributed by atoms with Crippen molar-refractivity contribution in [3.63, 3.8) is 0 Å². The van der Waals surface area contributed by atoms with E-state index in [2.05, 4.69) is 11.4 Å². The van der Waals surface area contributed by atoms with Gasteiger partial charge in [-0.15, -0.1) is 0 Å². The first kappa shape index (κ1) is 13.7. The van der Waals surface area contributed by atoms with Gasteiger partial charge < -0.3 is 10.1 Å². The Labute approximate surface area is 113 Å². The number of sulfone groups is 1. The monoisotopic (exact) mass is 280 g/mol. The Morgan fingerprint density at radius 2 is 2.05 bits per heavy atom. The lowest BCUT2D eigenvalue weighted by Crippen LogP contribution is -2.32. The van der Waals surface area contributed by atoms with Gasteiger partial charge in [0.05, 0.1) is 29.9 Å². The SMILES string of the molecule is COc1cccc(C#N)c1NC1CCS(=O)(=O)CC1. The molecule has 1 saturated heterocycles. The van der Waals surface area contributed by atoms with E-state index in [-0.39, 0.29) is 17.5 Å². The molecule has 2 rings (SSSR count). The number of para-hydroxylation sites is 1. The van der Waals surface area contributed by atoms with Gasteiger partial charge in [-0.05, 0) is 25.0 Å². The minimum absolute atomic E-state index is 0.0620. The number of methoxy groups -OCH3 is 1. The smallest absolute Gasteiger partial charge is 0.150 e. The summed E-state index contributed by atoms with van der Waals surface area (Å²) in [5.74, 6) is 0.996. The number of ether oxygens (including phenoxy) is 1. The fourth-order valence-electron chi connectivity index (χ4n) is 2.18. The summed E-state index contributed by atoms with van der Waals surface area (Å²) in [5.41, 5.74) is 1.16. The Hall–Kier alpha value is -1.74. The van der Waals surface area contributed by atoms with Gasteiger partial charge >= 0.3 is 0 Å². The van der Waals surface area contributed by atoms with Gasteiger partial charge in [0.15, 0.2) is 0 Å². The third-order valence-electron chi connectivity index (χ3n) is 3.27. The summed E-state index contributed by atoms with van der Waals surface area (Å²) in [4.78, 5) is 0. The van der Waals surface area contributed by atoms with Crippen LogP contribution in [0.4, 0.5) is 5.69 Å². The molecule has 1 heterocycles. The Kier molecular flexibility index (Phi) is 3.96. The van der Waals surface area contributed by atoms with Crippen LogP contribution in [0, 0.1) is 11.3 Å². The van der Waals surface area contributed by atoms with Crippen molar-refractivity contribution in [2.45, 2.75) is 18.9 Å². The third-order valence-corrected chi connectivity index (χ3v) is 4.99. The van der Waals surface area contributed by atoms with E-state index in [4.69, 9.17) is 10.00 Å². The van der Waals surface area contributed by atoms with Gasteiger partial charge in [-0.1, -0.05) is 6.07 Å². The maximum absolute atomic E-state index is 11.4. The van der Waals surface area contributed by atoms with Crippen LogP contribution >= 0.6 is 0 Å². The van der Waals surface area contributed by atoms with E-state index >= 15 is 0 Å². The fraction of sp³-hybridized carbons (Fsp3) is 0.462. The van der Waals surface area contributed by atoms with Gasteiger partial charge in [0, 0.05) is 6.04 Å². The zero-order chi connectivity index (χ0) is 13.9. The molecule has 1 aliphatic rings. The molecular formula is C13H16N2O3S. The highest BCUT2D eigenvalue weighted by molar-refractivity contribution is 7.91. The minimum Gasteiger partial charge on any atom is -0.495 e. The van der Waals surface area contributed by atoms with Gasteiger partial charge in [-0.2, -0.15) is 5.26 Å². The molecule has 0 aliphatic carbocycles. The summed E-state index contributed by atoms with van der Waals surface area (Å²) < 4.78 is 28.0. The van der Waals surface area contributed by atoms with E-state index < -0.39 is 9.84 Å². The highest BCUT2D eigenvalue weighted by atomic mass is 32.2. The van der Waals surface area contributed by atoms with Crippen molar-refractivity contribution in [1.82, 2.24) is 0 Å². The van der Waals surface area contributed by atoms with Crippen LogP contribution in [0.1, 0.15) is 18.4 Å². The van der Waals surface area contributed by atoms with Crippen LogP contribution in [0.3, 0.4) is 0 Å². The molecule has 0 atom stereocenters. The molecule has 0 amide bonds. The van der Waals surface area contributed by atoms with Crippen LogP contribution in [0.25, 0.3) is 0 Å². The highest BCUT2D eigenvalue weighted by Gasteiger charge is 2.24. The van der Waals surface area contributed by atoms with Crippen LogP contribution < -0.4 is 10.1 Å². The quantitative estimate of drug-likeness (QED) is 0.909. The third kappa shape index (κ3) is 3.18.